The minimum atomic E-state index is -0.295. The lowest BCUT2D eigenvalue weighted by Gasteiger charge is -2.21. The highest BCUT2D eigenvalue weighted by atomic mass is 79.9. The van der Waals surface area contributed by atoms with E-state index in [-0.39, 0.29) is 23.0 Å². The van der Waals surface area contributed by atoms with E-state index in [0.29, 0.717) is 35.7 Å². The number of aromatic hydroxyl groups is 1. The Morgan fingerprint density at radius 2 is 2.19 bits per heavy atom. The molecule has 0 radical (unpaired) electrons. The molecular weight excluding hydrogens is 400 g/mol. The first-order chi connectivity index (χ1) is 12.6. The second kappa shape index (κ2) is 6.49. The molecule has 4 rings (SSSR count). The molecule has 0 bridgehead atoms. The van der Waals surface area contributed by atoms with Crippen LogP contribution >= 0.6 is 15.9 Å². The number of hydrogen-bond donors (Lipinski definition) is 2. The van der Waals surface area contributed by atoms with Gasteiger partial charge in [-0.1, -0.05) is 28.1 Å². The molecule has 132 valence electrons. The van der Waals surface area contributed by atoms with E-state index in [1.807, 2.05) is 25.1 Å². The summed E-state index contributed by atoms with van der Waals surface area (Å²) in [6.45, 7) is 2.40. The standard InChI is InChI=1S/C19H15BrN2O4/c1-2-25-15-5-3-4-10-8-13-18(24)21-17(22-19(13)26-16(10)15)12-9-11(20)6-7-14(12)23/h3-7,9,23H,2,8H2,1H3,(H,21,22,24). The van der Waals surface area contributed by atoms with Gasteiger partial charge in [-0.05, 0) is 31.2 Å². The lowest BCUT2D eigenvalue weighted by Crippen LogP contribution is -2.20. The van der Waals surface area contributed by atoms with Gasteiger partial charge >= 0.3 is 0 Å². The van der Waals surface area contributed by atoms with E-state index in [4.69, 9.17) is 9.47 Å². The van der Waals surface area contributed by atoms with E-state index in [0.717, 1.165) is 10.0 Å². The summed E-state index contributed by atoms with van der Waals surface area (Å²) >= 11 is 3.36. The number of aromatic amines is 1. The molecule has 7 heteroatoms. The number of nitrogens with zero attached hydrogens (tertiary/aromatic N) is 1. The van der Waals surface area contributed by atoms with Gasteiger partial charge in [0.15, 0.2) is 11.5 Å². The van der Waals surface area contributed by atoms with E-state index in [1.165, 1.54) is 6.07 Å². The zero-order valence-electron chi connectivity index (χ0n) is 13.9. The van der Waals surface area contributed by atoms with Crippen LogP contribution in [0.3, 0.4) is 0 Å². The lowest BCUT2D eigenvalue weighted by molar-refractivity contribution is 0.315. The van der Waals surface area contributed by atoms with Crippen LogP contribution in [0.25, 0.3) is 11.4 Å². The van der Waals surface area contributed by atoms with Crippen LogP contribution in [-0.2, 0) is 6.42 Å². The summed E-state index contributed by atoms with van der Waals surface area (Å²) in [4.78, 5) is 19.7. The molecule has 2 N–H and O–H groups in total. The molecule has 0 aliphatic carbocycles. The number of halogens is 1. The van der Waals surface area contributed by atoms with Crippen LogP contribution in [0.2, 0.25) is 0 Å². The van der Waals surface area contributed by atoms with Crippen LogP contribution in [0.5, 0.6) is 23.1 Å². The fourth-order valence-electron chi connectivity index (χ4n) is 2.92. The molecule has 0 saturated heterocycles. The molecular formula is C19H15BrN2O4. The number of para-hydroxylation sites is 1. The maximum Gasteiger partial charge on any atom is 0.258 e. The highest BCUT2D eigenvalue weighted by Gasteiger charge is 2.25. The summed E-state index contributed by atoms with van der Waals surface area (Å²) in [5.41, 5.74) is 1.43. The first-order valence-electron chi connectivity index (χ1n) is 8.11. The minimum Gasteiger partial charge on any atom is -0.507 e. The summed E-state index contributed by atoms with van der Waals surface area (Å²) in [6, 6.07) is 10.5. The maximum atomic E-state index is 12.6. The van der Waals surface area contributed by atoms with Gasteiger partial charge in [-0.2, -0.15) is 4.98 Å². The summed E-state index contributed by atoms with van der Waals surface area (Å²) in [6.07, 6.45) is 0.401. The number of hydrogen-bond acceptors (Lipinski definition) is 5. The van der Waals surface area contributed by atoms with E-state index in [2.05, 4.69) is 25.9 Å². The molecule has 2 heterocycles. The number of H-pyrrole nitrogens is 1. The van der Waals surface area contributed by atoms with Crippen LogP contribution < -0.4 is 15.0 Å². The molecule has 6 nitrogen and oxygen atoms in total. The molecule has 1 aliphatic rings. The van der Waals surface area contributed by atoms with Gasteiger partial charge in [0.05, 0.1) is 17.7 Å². The number of ether oxygens (including phenoxy) is 2. The van der Waals surface area contributed by atoms with Crippen molar-refractivity contribution in [3.8, 4) is 34.5 Å². The van der Waals surface area contributed by atoms with Crippen molar-refractivity contribution < 1.29 is 14.6 Å². The lowest BCUT2D eigenvalue weighted by atomic mass is 10.0. The third kappa shape index (κ3) is 2.84. The third-order valence-electron chi connectivity index (χ3n) is 4.12. The number of benzene rings is 2. The Morgan fingerprint density at radius 3 is 3.00 bits per heavy atom. The molecule has 0 saturated carbocycles. The highest BCUT2D eigenvalue weighted by Crippen LogP contribution is 2.41. The summed E-state index contributed by atoms with van der Waals surface area (Å²) in [5, 5.41) is 10.1. The Hall–Kier alpha value is -2.80. The average Bonchev–Trinajstić information content (AvgIpc) is 2.63. The normalized spacial score (nSPS) is 12.1. The van der Waals surface area contributed by atoms with Gasteiger partial charge in [0.1, 0.15) is 11.6 Å². The van der Waals surface area contributed by atoms with Gasteiger partial charge < -0.3 is 19.6 Å². The zero-order chi connectivity index (χ0) is 18.3. The first kappa shape index (κ1) is 16.7. The predicted molar refractivity (Wildman–Crippen MR) is 100 cm³/mol. The molecule has 0 unspecified atom stereocenters. The first-order valence-corrected chi connectivity index (χ1v) is 8.90. The fourth-order valence-corrected chi connectivity index (χ4v) is 3.28. The Kier molecular flexibility index (Phi) is 4.16. The molecule has 2 aromatic carbocycles. The van der Waals surface area contributed by atoms with E-state index in [9.17, 15) is 9.90 Å². The molecule has 3 aromatic rings. The zero-order valence-corrected chi connectivity index (χ0v) is 15.5. The van der Waals surface area contributed by atoms with Gasteiger partial charge in [0, 0.05) is 16.5 Å². The SMILES string of the molecule is CCOc1cccc2c1Oc1nc(-c3cc(Br)ccc3O)[nH]c(=O)c1C2. The fraction of sp³-hybridized carbons (Fsp3) is 0.158. The van der Waals surface area contributed by atoms with Crippen molar-refractivity contribution >= 4 is 15.9 Å². The largest absolute Gasteiger partial charge is 0.507 e. The van der Waals surface area contributed by atoms with Crippen molar-refractivity contribution in [3.05, 3.63) is 62.4 Å². The van der Waals surface area contributed by atoms with E-state index < -0.39 is 0 Å². The van der Waals surface area contributed by atoms with Crippen molar-refractivity contribution in [1.29, 1.82) is 0 Å². The van der Waals surface area contributed by atoms with Crippen molar-refractivity contribution in [1.82, 2.24) is 9.97 Å². The van der Waals surface area contributed by atoms with Crippen molar-refractivity contribution in [2.45, 2.75) is 13.3 Å². The van der Waals surface area contributed by atoms with Crippen LogP contribution in [-0.4, -0.2) is 21.7 Å². The number of aromatic nitrogens is 2. The Bertz CT molecular complexity index is 1060. The number of phenolic OH excluding ortho intramolecular Hbond substituents is 1. The van der Waals surface area contributed by atoms with Gasteiger partial charge in [0.2, 0.25) is 5.88 Å². The number of rotatable bonds is 3. The summed E-state index contributed by atoms with van der Waals surface area (Å²) in [5.74, 6) is 1.67. The molecule has 1 aromatic heterocycles. The van der Waals surface area contributed by atoms with Crippen LogP contribution in [0.4, 0.5) is 0 Å². The predicted octanol–water partition coefficient (Wildman–Crippen LogP) is 4.00. The van der Waals surface area contributed by atoms with E-state index >= 15 is 0 Å². The van der Waals surface area contributed by atoms with Crippen molar-refractivity contribution in [3.63, 3.8) is 0 Å². The third-order valence-corrected chi connectivity index (χ3v) is 4.61. The Labute approximate surface area is 157 Å². The summed E-state index contributed by atoms with van der Waals surface area (Å²) in [7, 11) is 0. The molecule has 0 amide bonds. The number of phenols is 1. The quantitative estimate of drug-likeness (QED) is 0.529. The molecule has 0 fully saturated rings. The minimum absolute atomic E-state index is 0.0162. The molecule has 1 aliphatic heterocycles. The number of fused-ring (bicyclic) bond motifs is 2. The van der Waals surface area contributed by atoms with Crippen LogP contribution in [0, 0.1) is 0 Å². The Morgan fingerprint density at radius 1 is 1.35 bits per heavy atom. The van der Waals surface area contributed by atoms with Crippen molar-refractivity contribution in [2.75, 3.05) is 6.61 Å². The summed E-state index contributed by atoms with van der Waals surface area (Å²) < 4.78 is 12.3. The second-order valence-electron chi connectivity index (χ2n) is 5.82. The van der Waals surface area contributed by atoms with Crippen LogP contribution in [0.1, 0.15) is 18.1 Å². The van der Waals surface area contributed by atoms with Gasteiger partial charge in [-0.15, -0.1) is 0 Å². The second-order valence-corrected chi connectivity index (χ2v) is 6.73. The monoisotopic (exact) mass is 414 g/mol. The number of nitrogens with one attached hydrogen (secondary N) is 1. The maximum absolute atomic E-state index is 12.6. The topological polar surface area (TPSA) is 84.4 Å². The smallest absolute Gasteiger partial charge is 0.258 e. The molecule has 26 heavy (non-hydrogen) atoms. The average molecular weight is 415 g/mol. The highest BCUT2D eigenvalue weighted by molar-refractivity contribution is 9.10. The van der Waals surface area contributed by atoms with E-state index in [1.54, 1.807) is 12.1 Å². The molecule has 0 spiro atoms. The molecule has 0 atom stereocenters. The Balaban J connectivity index is 1.83. The van der Waals surface area contributed by atoms with Gasteiger partial charge in [-0.25, -0.2) is 0 Å². The van der Waals surface area contributed by atoms with Crippen LogP contribution in [0.15, 0.2) is 45.7 Å². The van der Waals surface area contributed by atoms with Crippen molar-refractivity contribution in [2.24, 2.45) is 0 Å². The van der Waals surface area contributed by atoms with Gasteiger partial charge in [0.25, 0.3) is 5.56 Å². The van der Waals surface area contributed by atoms with Gasteiger partial charge in [-0.3, -0.25) is 4.79 Å².